The summed E-state index contributed by atoms with van der Waals surface area (Å²) >= 11 is 0. The maximum atomic E-state index is 11.5. The Bertz CT molecular complexity index is 538. The number of fused-ring (bicyclic) bond motifs is 1. The predicted molar refractivity (Wildman–Crippen MR) is 67.9 cm³/mol. The van der Waals surface area contributed by atoms with Gasteiger partial charge in [-0.05, 0) is 41.8 Å². The number of rotatable bonds is 3. The summed E-state index contributed by atoms with van der Waals surface area (Å²) in [5.74, 6) is 0.601. The van der Waals surface area contributed by atoms with Gasteiger partial charge in [0, 0.05) is 11.6 Å². The molecule has 0 aliphatic rings. The van der Waals surface area contributed by atoms with Gasteiger partial charge in [-0.25, -0.2) is 0 Å². The van der Waals surface area contributed by atoms with Gasteiger partial charge in [-0.2, -0.15) is 0 Å². The molecule has 0 saturated heterocycles. The molecule has 84 valence electrons. The maximum absolute atomic E-state index is 11.5. The molecule has 1 aromatic carbocycles. The van der Waals surface area contributed by atoms with E-state index in [9.17, 15) is 4.79 Å². The molecule has 2 rings (SSSR count). The molecule has 2 heteroatoms. The average molecular weight is 215 g/mol. The van der Waals surface area contributed by atoms with Crippen LogP contribution in [0.25, 0.3) is 10.8 Å². The topological polar surface area (TPSA) is 32.9 Å². The molecule has 1 heterocycles. The number of aromatic nitrogens is 1. The third kappa shape index (κ3) is 1.87. The standard InChI is InChI=1S/C14H17NO/c1-3-10(4-2)11-5-6-13-12(9-11)7-8-15-14(13)16/h5-10H,3-4H2,1-2H3,(H,15,16). The highest BCUT2D eigenvalue weighted by atomic mass is 16.1. The van der Waals surface area contributed by atoms with Crippen LogP contribution in [0.3, 0.4) is 0 Å². The van der Waals surface area contributed by atoms with E-state index in [2.05, 4.69) is 31.0 Å². The molecule has 1 aromatic heterocycles. The van der Waals surface area contributed by atoms with Crippen molar-refractivity contribution in [1.29, 1.82) is 0 Å². The van der Waals surface area contributed by atoms with Crippen LogP contribution in [0.2, 0.25) is 0 Å². The quantitative estimate of drug-likeness (QED) is 0.836. The first-order valence-electron chi connectivity index (χ1n) is 5.87. The van der Waals surface area contributed by atoms with Crippen molar-refractivity contribution >= 4 is 10.8 Å². The molecule has 0 atom stereocenters. The zero-order chi connectivity index (χ0) is 11.5. The average Bonchev–Trinajstić information content (AvgIpc) is 2.31. The van der Waals surface area contributed by atoms with Crippen LogP contribution in [0.4, 0.5) is 0 Å². The van der Waals surface area contributed by atoms with Crippen molar-refractivity contribution in [1.82, 2.24) is 4.98 Å². The number of benzene rings is 1. The van der Waals surface area contributed by atoms with Gasteiger partial charge in [0.25, 0.3) is 5.56 Å². The lowest BCUT2D eigenvalue weighted by molar-refractivity contribution is 0.642. The normalized spacial score (nSPS) is 11.2. The first-order chi connectivity index (χ1) is 7.76. The fourth-order valence-corrected chi connectivity index (χ4v) is 2.22. The van der Waals surface area contributed by atoms with Crippen LogP contribution in [0.15, 0.2) is 35.3 Å². The molecule has 0 saturated carbocycles. The zero-order valence-corrected chi connectivity index (χ0v) is 9.79. The minimum atomic E-state index is -0.00593. The zero-order valence-electron chi connectivity index (χ0n) is 9.79. The van der Waals surface area contributed by atoms with E-state index >= 15 is 0 Å². The highest BCUT2D eigenvalue weighted by Gasteiger charge is 2.07. The molecule has 0 unspecified atom stereocenters. The van der Waals surface area contributed by atoms with Crippen molar-refractivity contribution < 1.29 is 0 Å². The summed E-state index contributed by atoms with van der Waals surface area (Å²) in [5.41, 5.74) is 1.33. The molecular weight excluding hydrogens is 198 g/mol. The van der Waals surface area contributed by atoms with Crippen LogP contribution in [-0.2, 0) is 0 Å². The van der Waals surface area contributed by atoms with Gasteiger partial charge in [0.15, 0.2) is 0 Å². The van der Waals surface area contributed by atoms with Gasteiger partial charge in [-0.3, -0.25) is 4.79 Å². The van der Waals surface area contributed by atoms with Crippen LogP contribution in [0.1, 0.15) is 38.2 Å². The summed E-state index contributed by atoms with van der Waals surface area (Å²) in [7, 11) is 0. The smallest absolute Gasteiger partial charge is 0.255 e. The van der Waals surface area contributed by atoms with Crippen molar-refractivity contribution in [2.45, 2.75) is 32.6 Å². The van der Waals surface area contributed by atoms with E-state index in [1.807, 2.05) is 12.1 Å². The minimum absolute atomic E-state index is 0.00593. The summed E-state index contributed by atoms with van der Waals surface area (Å²) < 4.78 is 0. The lowest BCUT2D eigenvalue weighted by atomic mass is 9.92. The number of aromatic amines is 1. The van der Waals surface area contributed by atoms with Gasteiger partial charge >= 0.3 is 0 Å². The van der Waals surface area contributed by atoms with E-state index in [-0.39, 0.29) is 5.56 Å². The van der Waals surface area contributed by atoms with Crippen molar-refractivity contribution in [3.05, 3.63) is 46.4 Å². The minimum Gasteiger partial charge on any atom is -0.329 e. The molecule has 0 amide bonds. The highest BCUT2D eigenvalue weighted by Crippen LogP contribution is 2.25. The molecule has 2 nitrogen and oxygen atoms in total. The van der Waals surface area contributed by atoms with E-state index in [1.54, 1.807) is 6.20 Å². The molecule has 1 N–H and O–H groups in total. The fraction of sp³-hybridized carbons (Fsp3) is 0.357. The number of nitrogens with one attached hydrogen (secondary N) is 1. The lowest BCUT2D eigenvalue weighted by Gasteiger charge is -2.13. The summed E-state index contributed by atoms with van der Waals surface area (Å²) in [4.78, 5) is 14.2. The van der Waals surface area contributed by atoms with E-state index < -0.39 is 0 Å². The van der Waals surface area contributed by atoms with Gasteiger partial charge < -0.3 is 4.98 Å². The largest absolute Gasteiger partial charge is 0.329 e. The Labute approximate surface area is 95.3 Å². The number of H-pyrrole nitrogens is 1. The van der Waals surface area contributed by atoms with Crippen LogP contribution in [-0.4, -0.2) is 4.98 Å². The lowest BCUT2D eigenvalue weighted by Crippen LogP contribution is -2.05. The third-order valence-electron chi connectivity index (χ3n) is 3.25. The molecule has 2 aromatic rings. The van der Waals surface area contributed by atoms with E-state index in [1.165, 1.54) is 5.56 Å². The van der Waals surface area contributed by atoms with E-state index in [0.717, 1.165) is 23.6 Å². The monoisotopic (exact) mass is 215 g/mol. The van der Waals surface area contributed by atoms with E-state index in [4.69, 9.17) is 0 Å². The van der Waals surface area contributed by atoms with Gasteiger partial charge in [-0.15, -0.1) is 0 Å². The summed E-state index contributed by atoms with van der Waals surface area (Å²) in [6.45, 7) is 4.41. The number of pyridine rings is 1. The Morgan fingerprint density at radius 3 is 2.62 bits per heavy atom. The van der Waals surface area contributed by atoms with Crippen molar-refractivity contribution in [3.8, 4) is 0 Å². The molecule has 0 radical (unpaired) electrons. The molecule has 0 aliphatic heterocycles. The van der Waals surface area contributed by atoms with Crippen molar-refractivity contribution in [3.63, 3.8) is 0 Å². The maximum Gasteiger partial charge on any atom is 0.255 e. The molecule has 16 heavy (non-hydrogen) atoms. The Balaban J connectivity index is 2.56. The van der Waals surface area contributed by atoms with Crippen molar-refractivity contribution in [2.24, 2.45) is 0 Å². The van der Waals surface area contributed by atoms with Crippen molar-refractivity contribution in [2.75, 3.05) is 0 Å². The van der Waals surface area contributed by atoms with Crippen LogP contribution < -0.4 is 5.56 Å². The second kappa shape index (κ2) is 4.52. The van der Waals surface area contributed by atoms with Crippen LogP contribution in [0, 0.1) is 0 Å². The molecular formula is C14H17NO. The van der Waals surface area contributed by atoms with Gasteiger partial charge in [0.1, 0.15) is 0 Å². The second-order valence-corrected chi connectivity index (χ2v) is 4.17. The SMILES string of the molecule is CCC(CC)c1ccc2c(=O)[nH]ccc2c1. The van der Waals surface area contributed by atoms with E-state index in [0.29, 0.717) is 5.92 Å². The first-order valence-corrected chi connectivity index (χ1v) is 5.87. The predicted octanol–water partition coefficient (Wildman–Crippen LogP) is 3.43. The molecule has 0 spiro atoms. The Morgan fingerprint density at radius 2 is 1.94 bits per heavy atom. The van der Waals surface area contributed by atoms with Crippen LogP contribution >= 0.6 is 0 Å². The number of hydrogen-bond acceptors (Lipinski definition) is 1. The Morgan fingerprint density at radius 1 is 1.19 bits per heavy atom. The van der Waals surface area contributed by atoms with Gasteiger partial charge in [0.05, 0.1) is 0 Å². The Kier molecular flexibility index (Phi) is 3.09. The molecule has 0 bridgehead atoms. The highest BCUT2D eigenvalue weighted by molar-refractivity contribution is 5.82. The summed E-state index contributed by atoms with van der Waals surface area (Å²) in [6.07, 6.45) is 4.00. The van der Waals surface area contributed by atoms with Gasteiger partial charge in [0.2, 0.25) is 0 Å². The molecule has 0 aliphatic carbocycles. The first kappa shape index (κ1) is 10.9. The Hall–Kier alpha value is -1.57. The fourth-order valence-electron chi connectivity index (χ4n) is 2.22. The molecule has 0 fully saturated rings. The van der Waals surface area contributed by atoms with Crippen LogP contribution in [0.5, 0.6) is 0 Å². The second-order valence-electron chi connectivity index (χ2n) is 4.17. The third-order valence-corrected chi connectivity index (χ3v) is 3.25. The summed E-state index contributed by atoms with van der Waals surface area (Å²) in [6, 6.07) is 8.11. The summed E-state index contributed by atoms with van der Waals surface area (Å²) in [5, 5.41) is 1.81. The van der Waals surface area contributed by atoms with Gasteiger partial charge in [-0.1, -0.05) is 26.0 Å². The number of hydrogen-bond donors (Lipinski definition) is 1.